The monoisotopic (exact) mass is 420 g/mol. The predicted octanol–water partition coefficient (Wildman–Crippen LogP) is 1.82. The summed E-state index contributed by atoms with van der Waals surface area (Å²) >= 11 is 0. The van der Waals surface area contributed by atoms with Crippen LogP contribution < -0.4 is 10.5 Å². The molecule has 2 fully saturated rings. The van der Waals surface area contributed by atoms with Gasteiger partial charge in [0.15, 0.2) is 0 Å². The molecule has 2 aliphatic heterocycles. The average Bonchev–Trinajstić information content (AvgIpc) is 3.44. The molecular weight excluding hydrogens is 392 g/mol. The molecule has 3 aromatic rings. The number of fused-ring (bicyclic) bond motifs is 2. The normalized spacial score (nSPS) is 20.6. The van der Waals surface area contributed by atoms with Crippen molar-refractivity contribution in [2.45, 2.75) is 33.9 Å². The van der Waals surface area contributed by atoms with Crippen molar-refractivity contribution in [2.24, 2.45) is 11.8 Å². The summed E-state index contributed by atoms with van der Waals surface area (Å²) in [5.74, 6) is 1.89. The number of hydrogen-bond donors (Lipinski definition) is 0. The maximum absolute atomic E-state index is 12.9. The van der Waals surface area contributed by atoms with Gasteiger partial charge in [0.2, 0.25) is 11.9 Å². The first-order chi connectivity index (χ1) is 15.0. The molecule has 8 heteroatoms. The van der Waals surface area contributed by atoms with E-state index in [-0.39, 0.29) is 18.0 Å². The summed E-state index contributed by atoms with van der Waals surface area (Å²) in [6, 6.07) is 8.26. The topological polar surface area (TPSA) is 76.3 Å². The van der Waals surface area contributed by atoms with Gasteiger partial charge in [0.25, 0.3) is 5.56 Å². The first-order valence-electron chi connectivity index (χ1n) is 11.0. The molecule has 0 saturated carbocycles. The second-order valence-electron chi connectivity index (χ2n) is 8.76. The third-order valence-electron chi connectivity index (χ3n) is 6.89. The molecule has 2 aliphatic rings. The number of likely N-dealkylation sites (tertiary alicyclic amines) is 1. The molecule has 2 atom stereocenters. The number of amides is 1. The highest BCUT2D eigenvalue weighted by Gasteiger charge is 2.42. The van der Waals surface area contributed by atoms with Crippen molar-refractivity contribution in [3.8, 4) is 0 Å². The lowest BCUT2D eigenvalue weighted by atomic mass is 10.0. The van der Waals surface area contributed by atoms with Gasteiger partial charge in [-0.25, -0.2) is 9.97 Å². The molecule has 0 N–H and O–H groups in total. The number of benzene rings is 1. The van der Waals surface area contributed by atoms with Crippen LogP contribution in [0.3, 0.4) is 0 Å². The largest absolute Gasteiger partial charge is 0.342 e. The van der Waals surface area contributed by atoms with Gasteiger partial charge in [0.1, 0.15) is 6.54 Å². The number of carbonyl (C=O) groups is 1. The molecular formula is C23H28N6O2. The molecule has 2 aromatic heterocycles. The van der Waals surface area contributed by atoms with E-state index in [0.29, 0.717) is 23.1 Å². The summed E-state index contributed by atoms with van der Waals surface area (Å²) in [6.45, 7) is 9.93. The number of anilines is 1. The molecule has 1 amide bonds. The van der Waals surface area contributed by atoms with Crippen LogP contribution in [0.15, 0.2) is 35.4 Å². The Labute approximate surface area is 181 Å². The second-order valence-corrected chi connectivity index (χ2v) is 8.76. The minimum absolute atomic E-state index is 0.00565. The maximum atomic E-state index is 12.9. The van der Waals surface area contributed by atoms with Crippen LogP contribution in [0.4, 0.5) is 5.95 Å². The van der Waals surface area contributed by atoms with Crippen LogP contribution >= 0.6 is 0 Å². The molecule has 4 heterocycles. The van der Waals surface area contributed by atoms with Gasteiger partial charge >= 0.3 is 0 Å². The molecule has 1 aromatic carbocycles. The SMILES string of the molecule is CCn1c(N2CC3CN(C(=O)Cn4cnc(C)c(C)c4=O)CC3C2)nc2ccccc21. The van der Waals surface area contributed by atoms with E-state index in [0.717, 1.165) is 44.2 Å². The summed E-state index contributed by atoms with van der Waals surface area (Å²) < 4.78 is 3.70. The van der Waals surface area contributed by atoms with Crippen molar-refractivity contribution in [2.75, 3.05) is 31.1 Å². The Morgan fingerprint density at radius 1 is 1.10 bits per heavy atom. The van der Waals surface area contributed by atoms with E-state index >= 15 is 0 Å². The average molecular weight is 421 g/mol. The van der Waals surface area contributed by atoms with Gasteiger partial charge in [-0.3, -0.25) is 14.2 Å². The van der Waals surface area contributed by atoms with Gasteiger partial charge in [0, 0.05) is 55.8 Å². The van der Waals surface area contributed by atoms with Crippen LogP contribution in [-0.4, -0.2) is 56.1 Å². The third-order valence-corrected chi connectivity index (χ3v) is 6.89. The van der Waals surface area contributed by atoms with Gasteiger partial charge < -0.3 is 14.4 Å². The van der Waals surface area contributed by atoms with Crippen molar-refractivity contribution < 1.29 is 4.79 Å². The number of carbonyl (C=O) groups excluding carboxylic acids is 1. The molecule has 2 saturated heterocycles. The molecule has 162 valence electrons. The number of rotatable bonds is 4. The lowest BCUT2D eigenvalue weighted by Crippen LogP contribution is -2.38. The summed E-state index contributed by atoms with van der Waals surface area (Å²) in [6.07, 6.45) is 1.48. The van der Waals surface area contributed by atoms with Gasteiger partial charge in [-0.05, 0) is 32.9 Å². The van der Waals surface area contributed by atoms with E-state index in [1.54, 1.807) is 6.92 Å². The molecule has 8 nitrogen and oxygen atoms in total. The van der Waals surface area contributed by atoms with Crippen LogP contribution in [0.2, 0.25) is 0 Å². The number of aryl methyl sites for hydroxylation is 2. The van der Waals surface area contributed by atoms with Gasteiger partial charge in [-0.1, -0.05) is 12.1 Å². The smallest absolute Gasteiger partial charge is 0.256 e. The quantitative estimate of drug-likeness (QED) is 0.644. The molecule has 0 spiro atoms. The molecule has 0 radical (unpaired) electrons. The minimum atomic E-state index is -0.134. The number of nitrogens with zero attached hydrogens (tertiary/aromatic N) is 6. The third kappa shape index (κ3) is 3.30. The van der Waals surface area contributed by atoms with E-state index in [1.165, 1.54) is 16.4 Å². The van der Waals surface area contributed by atoms with Crippen molar-refractivity contribution >= 4 is 22.9 Å². The minimum Gasteiger partial charge on any atom is -0.342 e. The summed E-state index contributed by atoms with van der Waals surface area (Å²) in [4.78, 5) is 38.7. The Balaban J connectivity index is 1.28. The number of hydrogen-bond acceptors (Lipinski definition) is 5. The number of aromatic nitrogens is 4. The first kappa shape index (κ1) is 19.8. The standard InChI is InChI=1S/C23H28N6O2/c1-4-29-20-8-6-5-7-19(20)25-23(29)27-11-17-9-26(10-18(17)12-27)21(30)13-28-14-24-16(3)15(2)22(28)31/h5-8,14,17-18H,4,9-13H2,1-3H3. The zero-order valence-corrected chi connectivity index (χ0v) is 18.3. The van der Waals surface area contributed by atoms with E-state index in [1.807, 2.05) is 17.9 Å². The van der Waals surface area contributed by atoms with Gasteiger partial charge in [-0.15, -0.1) is 0 Å². The second kappa shape index (κ2) is 7.51. The van der Waals surface area contributed by atoms with Gasteiger partial charge in [-0.2, -0.15) is 0 Å². The Morgan fingerprint density at radius 2 is 1.81 bits per heavy atom. The fourth-order valence-electron chi connectivity index (χ4n) is 5.01. The van der Waals surface area contributed by atoms with Crippen LogP contribution in [0.25, 0.3) is 11.0 Å². The first-order valence-corrected chi connectivity index (χ1v) is 11.0. The maximum Gasteiger partial charge on any atom is 0.256 e. The summed E-state index contributed by atoms with van der Waals surface area (Å²) in [5, 5.41) is 0. The highest BCUT2D eigenvalue weighted by Crippen LogP contribution is 2.35. The molecule has 2 unspecified atom stereocenters. The Bertz CT molecular complexity index is 1200. The van der Waals surface area contributed by atoms with E-state index in [2.05, 4.69) is 39.6 Å². The Morgan fingerprint density at radius 3 is 2.52 bits per heavy atom. The zero-order valence-electron chi connectivity index (χ0n) is 18.3. The fraction of sp³-hybridized carbons (Fsp3) is 0.478. The van der Waals surface area contributed by atoms with Crippen molar-refractivity contribution in [1.29, 1.82) is 0 Å². The fourth-order valence-corrected chi connectivity index (χ4v) is 5.01. The van der Waals surface area contributed by atoms with Crippen molar-refractivity contribution in [3.05, 3.63) is 52.2 Å². The van der Waals surface area contributed by atoms with Crippen LogP contribution in [0.5, 0.6) is 0 Å². The lowest BCUT2D eigenvalue weighted by Gasteiger charge is -2.23. The van der Waals surface area contributed by atoms with E-state index in [4.69, 9.17) is 4.98 Å². The Hall–Kier alpha value is -3.16. The summed E-state index contributed by atoms with van der Waals surface area (Å²) in [5.41, 5.74) is 3.37. The molecule has 0 aliphatic carbocycles. The Kier molecular flexibility index (Phi) is 4.79. The van der Waals surface area contributed by atoms with E-state index < -0.39 is 0 Å². The van der Waals surface area contributed by atoms with Crippen LogP contribution in [-0.2, 0) is 17.9 Å². The van der Waals surface area contributed by atoms with Crippen LogP contribution in [0, 0.1) is 25.7 Å². The molecule has 5 rings (SSSR count). The van der Waals surface area contributed by atoms with Crippen LogP contribution in [0.1, 0.15) is 18.2 Å². The zero-order chi connectivity index (χ0) is 21.7. The number of para-hydroxylation sites is 2. The highest BCUT2D eigenvalue weighted by atomic mass is 16.2. The molecule has 31 heavy (non-hydrogen) atoms. The highest BCUT2D eigenvalue weighted by molar-refractivity contribution is 5.79. The van der Waals surface area contributed by atoms with Crippen molar-refractivity contribution in [1.82, 2.24) is 24.0 Å². The van der Waals surface area contributed by atoms with Gasteiger partial charge in [0.05, 0.1) is 17.4 Å². The predicted molar refractivity (Wildman–Crippen MR) is 119 cm³/mol. The number of imidazole rings is 1. The summed E-state index contributed by atoms with van der Waals surface area (Å²) in [7, 11) is 0. The van der Waals surface area contributed by atoms with E-state index in [9.17, 15) is 9.59 Å². The lowest BCUT2D eigenvalue weighted by molar-refractivity contribution is -0.131. The van der Waals surface area contributed by atoms with Crippen molar-refractivity contribution in [3.63, 3.8) is 0 Å². The molecule has 0 bridgehead atoms.